The van der Waals surface area contributed by atoms with E-state index in [4.69, 9.17) is 37.9 Å². The molecule has 1 aliphatic heterocycles. The van der Waals surface area contributed by atoms with Crippen molar-refractivity contribution in [2.75, 3.05) is 52.6 Å². The van der Waals surface area contributed by atoms with Gasteiger partial charge in [0, 0.05) is 88.7 Å². The predicted octanol–water partition coefficient (Wildman–Crippen LogP) is 27.7. The summed E-state index contributed by atoms with van der Waals surface area (Å²) in [6.07, 6.45) is 74.7. The van der Waals surface area contributed by atoms with Crippen molar-refractivity contribution in [3.8, 4) is 0 Å². The number of aromatic nitrogens is 1. The van der Waals surface area contributed by atoms with Gasteiger partial charge in [-0.2, -0.15) is 0 Å². The van der Waals surface area contributed by atoms with Gasteiger partial charge in [0.25, 0.3) is 0 Å². The number of fused-ring (bicyclic) bond motifs is 1. The van der Waals surface area contributed by atoms with Gasteiger partial charge in [0.05, 0.1) is 31.7 Å². The van der Waals surface area contributed by atoms with Gasteiger partial charge in [-0.15, -0.1) is 0 Å². The second kappa shape index (κ2) is 84.0. The van der Waals surface area contributed by atoms with Gasteiger partial charge in [-0.05, 0) is 190 Å². The fraction of sp³-hybridized carbons (Fsp3) is 0.713. The van der Waals surface area contributed by atoms with Crippen LogP contribution in [0.15, 0.2) is 128 Å². The van der Waals surface area contributed by atoms with E-state index in [0.717, 1.165) is 171 Å². The van der Waals surface area contributed by atoms with E-state index in [2.05, 4.69) is 96.8 Å². The van der Waals surface area contributed by atoms with Gasteiger partial charge in [0.2, 0.25) is 11.8 Å². The van der Waals surface area contributed by atoms with Crippen LogP contribution in [-0.2, 0) is 105 Å². The van der Waals surface area contributed by atoms with Gasteiger partial charge in [0.15, 0.2) is 12.2 Å². The molecule has 0 radical (unpaired) electrons. The normalized spacial score (nSPS) is 14.9. The largest absolute Gasteiger partial charge is 0.462 e. The monoisotopic (exact) mass is 2020 g/mol. The second-order valence-electron chi connectivity index (χ2n) is 41.8. The summed E-state index contributed by atoms with van der Waals surface area (Å²) in [5, 5.41) is 6.46. The molecule has 5 rings (SSSR count). The van der Waals surface area contributed by atoms with Crippen molar-refractivity contribution >= 4 is 59.6 Å². The van der Waals surface area contributed by atoms with Crippen LogP contribution >= 0.6 is 0 Å². The minimum Gasteiger partial charge on any atom is -0.462 e. The number of nitrogens with zero attached hydrogens (tertiary/aromatic N) is 3. The van der Waals surface area contributed by atoms with Crippen molar-refractivity contribution in [2.24, 2.45) is 5.92 Å². The van der Waals surface area contributed by atoms with Crippen LogP contribution in [0.25, 0.3) is 0 Å². The number of amides is 2. The molecule has 3 aromatic rings. The van der Waals surface area contributed by atoms with Crippen LogP contribution < -0.4 is 10.6 Å². The molecule has 2 aliphatic rings. The maximum Gasteiger partial charge on any atom is 0.306 e. The number of ether oxygens (including phenoxy) is 8. The molecule has 145 heavy (non-hydrogen) atoms. The number of hydrogen-bond donors (Lipinski definition) is 2. The number of piperazine rings is 1. The number of nitrogens with one attached hydrogen (secondary N) is 2. The molecule has 816 valence electrons. The molecular formula is C122H195N5O18. The van der Waals surface area contributed by atoms with Crippen molar-refractivity contribution in [1.82, 2.24) is 25.4 Å². The first-order valence-corrected chi connectivity index (χ1v) is 57.7. The lowest BCUT2D eigenvalue weighted by Crippen LogP contribution is -2.62. The molecule has 2 N–H and O–H groups in total. The number of rotatable bonds is 89. The zero-order valence-corrected chi connectivity index (χ0v) is 91.3. The molecule has 23 heteroatoms. The smallest absolute Gasteiger partial charge is 0.306 e. The zero-order chi connectivity index (χ0) is 104. The topological polar surface area (TPSA) is 288 Å². The van der Waals surface area contributed by atoms with Crippen LogP contribution in [-0.4, -0.2) is 163 Å². The Kier molecular flexibility index (Phi) is 73.4. The van der Waals surface area contributed by atoms with E-state index < -0.39 is 127 Å². The highest BCUT2D eigenvalue weighted by Gasteiger charge is 2.41. The molecule has 0 spiro atoms. The van der Waals surface area contributed by atoms with E-state index in [1.807, 2.05) is 92.4 Å². The number of benzene rings is 2. The molecule has 2 aromatic carbocycles. The molecule has 1 fully saturated rings. The number of carbonyl (C=O) groups is 10. The Labute approximate surface area is 875 Å². The van der Waals surface area contributed by atoms with E-state index in [-0.39, 0.29) is 83.8 Å². The summed E-state index contributed by atoms with van der Waals surface area (Å²) < 4.78 is 47.4. The first-order chi connectivity index (χ1) is 70.6. The quantitative estimate of drug-likeness (QED) is 0.0230. The van der Waals surface area contributed by atoms with E-state index >= 15 is 4.79 Å². The van der Waals surface area contributed by atoms with Crippen molar-refractivity contribution in [3.05, 3.63) is 150 Å². The summed E-state index contributed by atoms with van der Waals surface area (Å²) in [4.78, 5) is 149. The summed E-state index contributed by atoms with van der Waals surface area (Å²) in [5.74, 6) is -6.66. The number of carbonyl (C=O) groups excluding carboxylic acids is 10. The van der Waals surface area contributed by atoms with E-state index in [1.54, 1.807) is 12.4 Å². The number of pyridine rings is 1. The molecular weight excluding hydrogens is 1820 g/mol. The van der Waals surface area contributed by atoms with Crippen molar-refractivity contribution < 1.29 is 85.8 Å². The van der Waals surface area contributed by atoms with Crippen LogP contribution in [0.2, 0.25) is 0 Å². The Bertz CT molecular complexity index is 3920. The molecule has 2 heterocycles. The molecule has 1 saturated heterocycles. The van der Waals surface area contributed by atoms with E-state index in [0.29, 0.717) is 57.4 Å². The SMILES string of the molecule is CCCCCCCC/C=C\CCCCCCCC(=O)OCC(COC(=O)CCCCCCC/C=C\CCCCCCCC)OC(=O)CCC(=O)O[C@@H](C[C@@H](Cc1ccccc1)C(=O)N[C@H]1c2ccccc2C[C@H]1OC(=O)CCC(=O)OC(COC(=O)CCCCCCC/C=C\CCCCCCCC)COC(=O)CCCCCCC/C=C\CCCCCCCC)CN1CCN(Cc2cccnc2)C[C@H]1C(=O)NC(C)(C)C. The second-order valence-corrected chi connectivity index (χ2v) is 41.8. The first-order valence-electron chi connectivity index (χ1n) is 57.7. The first kappa shape index (κ1) is 127. The Morgan fingerprint density at radius 2 is 0.724 bits per heavy atom. The van der Waals surface area contributed by atoms with Gasteiger partial charge in [-0.25, -0.2) is 0 Å². The molecule has 1 aromatic heterocycles. The van der Waals surface area contributed by atoms with Crippen molar-refractivity contribution in [2.45, 2.75) is 502 Å². The number of allylic oxidation sites excluding steroid dienone is 8. The average molecular weight is 2020 g/mol. The standard InChI is InChI=1S/C122H195N5O18/c1-8-12-16-20-24-28-32-36-40-44-48-52-56-60-67-79-111(128)138-97-106(98-139-112(129)80-68-61-57-53-49-45-41-37-33-29-25-21-17-13-9-2)143-116(133)84-83-115(132)142-105(95-127-89-88-126(94-102-76-73-87-123-93-102)96-109(127)121(137)125-122(5,6)7)91-104(90-101-74-65-64-66-75-101)120(136)124-119-108-78-72-71-77-103(108)92-110(119)145-118(135)86-85-117(134)144-107(99-140-113(130)81-69-62-58-54-50-46-42-38-34-30-26-22-18-14-10-3)100-141-114(131)82-70-63-59-55-51-47-43-39-35-31-27-23-19-15-11-4/h36-43,64-66,71-78,87,93,104-107,109-110,119H,8-35,44-63,67-70,79-86,88-92,94-100H2,1-7H3,(H,124,136)(H,125,137)/b40-36-,41-37-,42-38-,43-39-/t104-,105+,109+,110-,119+/m1/s1. The fourth-order valence-corrected chi connectivity index (χ4v) is 18.7. The maximum atomic E-state index is 15.7. The molecule has 5 atom stereocenters. The molecule has 0 saturated carbocycles. The zero-order valence-electron chi connectivity index (χ0n) is 91.3. The summed E-state index contributed by atoms with van der Waals surface area (Å²) >= 11 is 0. The lowest BCUT2D eigenvalue weighted by atomic mass is 9.91. The molecule has 1 aliphatic carbocycles. The molecule has 0 unspecified atom stereocenters. The Morgan fingerprint density at radius 1 is 0.379 bits per heavy atom. The van der Waals surface area contributed by atoms with Crippen LogP contribution in [0.1, 0.15) is 468 Å². The molecule has 0 bridgehead atoms. The number of hydrogen-bond acceptors (Lipinski definition) is 21. The lowest BCUT2D eigenvalue weighted by Gasteiger charge is -2.42. The average Bonchev–Trinajstić information content (AvgIpc) is 1.66. The summed E-state index contributed by atoms with van der Waals surface area (Å²) in [6.45, 7) is 14.9. The highest BCUT2D eigenvalue weighted by molar-refractivity contribution is 5.83. The van der Waals surface area contributed by atoms with E-state index in [9.17, 15) is 43.2 Å². The van der Waals surface area contributed by atoms with Crippen molar-refractivity contribution in [3.63, 3.8) is 0 Å². The van der Waals surface area contributed by atoms with Gasteiger partial charge < -0.3 is 48.5 Å². The highest BCUT2D eigenvalue weighted by Crippen LogP contribution is 2.36. The third-order valence-electron chi connectivity index (χ3n) is 27.2. The van der Waals surface area contributed by atoms with Crippen LogP contribution in [0.3, 0.4) is 0 Å². The maximum absolute atomic E-state index is 15.7. The van der Waals surface area contributed by atoms with Crippen molar-refractivity contribution in [1.29, 1.82) is 0 Å². The van der Waals surface area contributed by atoms with Crippen LogP contribution in [0, 0.1) is 5.92 Å². The van der Waals surface area contributed by atoms with Crippen LogP contribution in [0.5, 0.6) is 0 Å². The Morgan fingerprint density at radius 3 is 1.10 bits per heavy atom. The fourth-order valence-electron chi connectivity index (χ4n) is 18.7. The van der Waals surface area contributed by atoms with E-state index in [1.165, 1.54) is 154 Å². The predicted molar refractivity (Wildman–Crippen MR) is 582 cm³/mol. The van der Waals surface area contributed by atoms with Gasteiger partial charge in [-0.1, -0.05) is 342 Å². The van der Waals surface area contributed by atoms with Crippen LogP contribution in [0.4, 0.5) is 0 Å². The number of unbranched alkanes of at least 4 members (excludes halogenated alkanes) is 44. The number of esters is 8. The Hall–Kier alpha value is -8.83. The third-order valence-corrected chi connectivity index (χ3v) is 27.2. The molecule has 23 nitrogen and oxygen atoms in total. The highest BCUT2D eigenvalue weighted by atomic mass is 16.6. The lowest BCUT2D eigenvalue weighted by molar-refractivity contribution is -0.168. The molecule has 2 amide bonds. The Balaban J connectivity index is 1.30. The minimum atomic E-state index is -1.18. The summed E-state index contributed by atoms with van der Waals surface area (Å²) in [5.41, 5.74) is 2.66. The van der Waals surface area contributed by atoms with Gasteiger partial charge in [-0.3, -0.25) is 62.7 Å². The summed E-state index contributed by atoms with van der Waals surface area (Å²) in [7, 11) is 0. The third kappa shape index (κ3) is 66.3. The minimum absolute atomic E-state index is 0.00714. The van der Waals surface area contributed by atoms with Gasteiger partial charge in [0.1, 0.15) is 44.7 Å². The van der Waals surface area contributed by atoms with Gasteiger partial charge >= 0.3 is 47.8 Å². The summed E-state index contributed by atoms with van der Waals surface area (Å²) in [6, 6.07) is 19.1.